The smallest absolute Gasteiger partial charge is 0.227 e. The number of aromatic nitrogens is 1. The molecule has 1 amide bonds. The number of benzene rings is 1. The second-order valence-electron chi connectivity index (χ2n) is 7.11. The summed E-state index contributed by atoms with van der Waals surface area (Å²) in [5, 5.41) is 6.12. The molecule has 31 heavy (non-hydrogen) atoms. The minimum Gasteiger partial charge on any atom is -0.497 e. The topological polar surface area (TPSA) is 82.1 Å². The number of piperazine rings is 1. The monoisotopic (exact) mass is 538 g/mol. The summed E-state index contributed by atoms with van der Waals surface area (Å²) >= 11 is 0. The maximum Gasteiger partial charge on any atom is 0.227 e. The van der Waals surface area contributed by atoms with E-state index >= 15 is 0 Å². The van der Waals surface area contributed by atoms with E-state index in [2.05, 4.69) is 42.5 Å². The fourth-order valence-corrected chi connectivity index (χ4v) is 3.41. The summed E-state index contributed by atoms with van der Waals surface area (Å²) in [6.45, 7) is 5.97. The third-order valence-corrected chi connectivity index (χ3v) is 5.02. The van der Waals surface area contributed by atoms with Gasteiger partial charge in [0.15, 0.2) is 5.96 Å². The van der Waals surface area contributed by atoms with E-state index in [9.17, 15) is 4.79 Å². The van der Waals surface area contributed by atoms with Crippen molar-refractivity contribution in [2.24, 2.45) is 4.99 Å². The summed E-state index contributed by atoms with van der Waals surface area (Å²) in [6.07, 6.45) is 0.348. The third-order valence-electron chi connectivity index (χ3n) is 5.02. The normalized spacial score (nSPS) is 14.0. The maximum absolute atomic E-state index is 12.2. The van der Waals surface area contributed by atoms with Gasteiger partial charge in [0.1, 0.15) is 11.6 Å². The van der Waals surface area contributed by atoms with Gasteiger partial charge in [-0.2, -0.15) is 0 Å². The Balaban J connectivity index is 0.00000341. The number of guanidine groups is 1. The lowest BCUT2D eigenvalue weighted by Gasteiger charge is -2.37. The first-order valence-corrected chi connectivity index (χ1v) is 10.2. The van der Waals surface area contributed by atoms with Gasteiger partial charge in [-0.3, -0.25) is 9.79 Å². The lowest BCUT2D eigenvalue weighted by molar-refractivity contribution is -0.116. The fourth-order valence-electron chi connectivity index (χ4n) is 3.41. The average Bonchev–Trinajstić information content (AvgIpc) is 2.77. The number of methoxy groups -OCH3 is 1. The van der Waals surface area contributed by atoms with Gasteiger partial charge < -0.3 is 25.2 Å². The van der Waals surface area contributed by atoms with Crippen LogP contribution in [0.3, 0.4) is 0 Å². The Bertz CT molecular complexity index is 867. The van der Waals surface area contributed by atoms with Crippen LogP contribution < -0.4 is 20.3 Å². The molecule has 2 N–H and O–H groups in total. The van der Waals surface area contributed by atoms with E-state index < -0.39 is 0 Å². The number of hydrogen-bond acceptors (Lipinski definition) is 5. The molecule has 1 aromatic carbocycles. The van der Waals surface area contributed by atoms with Crippen molar-refractivity contribution in [2.75, 3.05) is 57.1 Å². The Morgan fingerprint density at radius 1 is 1.13 bits per heavy atom. The van der Waals surface area contributed by atoms with Crippen LogP contribution in [0.1, 0.15) is 12.1 Å². The highest BCUT2D eigenvalue weighted by molar-refractivity contribution is 14.0. The number of pyridine rings is 1. The number of nitrogens with zero attached hydrogens (tertiary/aromatic N) is 4. The molecule has 1 fully saturated rings. The molecule has 0 atom stereocenters. The molecule has 8 nitrogen and oxygen atoms in total. The van der Waals surface area contributed by atoms with Crippen LogP contribution in [0.2, 0.25) is 0 Å². The highest BCUT2D eigenvalue weighted by atomic mass is 127. The average molecular weight is 538 g/mol. The Labute approximate surface area is 201 Å². The van der Waals surface area contributed by atoms with Crippen LogP contribution in [0.5, 0.6) is 5.75 Å². The minimum absolute atomic E-state index is 0. The van der Waals surface area contributed by atoms with Gasteiger partial charge >= 0.3 is 0 Å². The van der Waals surface area contributed by atoms with Gasteiger partial charge in [-0.25, -0.2) is 4.98 Å². The third kappa shape index (κ3) is 7.27. The van der Waals surface area contributed by atoms with E-state index in [0.717, 1.165) is 43.6 Å². The lowest BCUT2D eigenvalue weighted by Crippen LogP contribution is -2.52. The number of carbonyl (C=O) groups excluding carboxylic acids is 1. The predicted octanol–water partition coefficient (Wildman–Crippen LogP) is 2.74. The first kappa shape index (κ1) is 24.7. The number of ether oxygens (including phenoxy) is 1. The van der Waals surface area contributed by atoms with Gasteiger partial charge in [-0.05, 0) is 43.3 Å². The Morgan fingerprint density at radius 2 is 1.84 bits per heavy atom. The highest BCUT2D eigenvalue weighted by Crippen LogP contribution is 2.20. The summed E-state index contributed by atoms with van der Waals surface area (Å²) in [4.78, 5) is 25.4. The van der Waals surface area contributed by atoms with E-state index in [1.54, 1.807) is 20.2 Å². The van der Waals surface area contributed by atoms with Crippen molar-refractivity contribution in [3.63, 3.8) is 0 Å². The van der Waals surface area contributed by atoms with Crippen molar-refractivity contribution < 1.29 is 9.53 Å². The molecular formula is C22H31IN6O2. The number of carbonyl (C=O) groups is 1. The largest absolute Gasteiger partial charge is 0.497 e. The second kappa shape index (κ2) is 12.3. The van der Waals surface area contributed by atoms with Gasteiger partial charge in [-0.1, -0.05) is 6.07 Å². The summed E-state index contributed by atoms with van der Waals surface area (Å²) in [5.41, 5.74) is 2.07. The Morgan fingerprint density at radius 3 is 2.45 bits per heavy atom. The number of aliphatic imine (C=N–C) groups is 1. The minimum atomic E-state index is -0.0691. The van der Waals surface area contributed by atoms with Crippen molar-refractivity contribution in [1.82, 2.24) is 15.2 Å². The Hall–Kier alpha value is -2.56. The van der Waals surface area contributed by atoms with Crippen molar-refractivity contribution >= 4 is 47.3 Å². The second-order valence-corrected chi connectivity index (χ2v) is 7.11. The van der Waals surface area contributed by atoms with E-state index in [0.29, 0.717) is 18.8 Å². The van der Waals surface area contributed by atoms with Crippen LogP contribution >= 0.6 is 24.0 Å². The molecule has 0 radical (unpaired) electrons. The van der Waals surface area contributed by atoms with Crippen LogP contribution in [-0.2, 0) is 4.79 Å². The molecule has 1 aliphatic rings. The van der Waals surface area contributed by atoms with Crippen LogP contribution in [0.15, 0.2) is 47.5 Å². The molecule has 9 heteroatoms. The number of nitrogens with one attached hydrogen (secondary N) is 2. The molecule has 2 aromatic rings. The van der Waals surface area contributed by atoms with Crippen LogP contribution in [-0.4, -0.2) is 68.6 Å². The molecule has 1 aromatic heterocycles. The molecule has 0 saturated carbocycles. The Kier molecular flexibility index (Phi) is 9.83. The molecule has 0 spiro atoms. The summed E-state index contributed by atoms with van der Waals surface area (Å²) in [7, 11) is 3.45. The van der Waals surface area contributed by atoms with Crippen molar-refractivity contribution in [1.29, 1.82) is 0 Å². The number of hydrogen-bond donors (Lipinski definition) is 2. The van der Waals surface area contributed by atoms with E-state index in [4.69, 9.17) is 4.74 Å². The first-order chi connectivity index (χ1) is 14.6. The van der Waals surface area contributed by atoms with E-state index in [1.807, 2.05) is 31.2 Å². The molecule has 1 saturated heterocycles. The lowest BCUT2D eigenvalue weighted by atomic mass is 10.2. The first-order valence-electron chi connectivity index (χ1n) is 10.2. The number of halogens is 1. The standard InChI is InChI=1S/C22H30N6O2.HI/c1-17-5-4-6-20(25-17)26-21(29)11-12-24-22(23-2)28-15-13-27(14-16-28)18-7-9-19(30-3)10-8-18;/h4-10H,11-16H2,1-3H3,(H,23,24)(H,25,26,29);1H. The van der Waals surface area contributed by atoms with E-state index in [-0.39, 0.29) is 29.9 Å². The fraction of sp³-hybridized carbons (Fsp3) is 0.409. The van der Waals surface area contributed by atoms with Gasteiger partial charge in [0.25, 0.3) is 0 Å². The van der Waals surface area contributed by atoms with Crippen LogP contribution in [0.4, 0.5) is 11.5 Å². The molecule has 1 aliphatic heterocycles. The van der Waals surface area contributed by atoms with Gasteiger partial charge in [-0.15, -0.1) is 24.0 Å². The molecular weight excluding hydrogens is 507 g/mol. The molecule has 3 rings (SSSR count). The molecule has 0 unspecified atom stereocenters. The zero-order valence-electron chi connectivity index (χ0n) is 18.3. The predicted molar refractivity (Wildman–Crippen MR) is 136 cm³/mol. The molecule has 168 valence electrons. The quantitative estimate of drug-likeness (QED) is 0.335. The zero-order chi connectivity index (χ0) is 21.3. The van der Waals surface area contributed by atoms with Crippen molar-refractivity contribution in [3.05, 3.63) is 48.2 Å². The molecule has 0 aliphatic carbocycles. The number of amides is 1. The van der Waals surface area contributed by atoms with Crippen LogP contribution in [0.25, 0.3) is 0 Å². The van der Waals surface area contributed by atoms with Crippen LogP contribution in [0, 0.1) is 6.92 Å². The molecule has 0 bridgehead atoms. The number of anilines is 2. The highest BCUT2D eigenvalue weighted by Gasteiger charge is 2.20. The summed E-state index contributed by atoms with van der Waals surface area (Å²) < 4.78 is 5.23. The SMILES string of the molecule is CN=C(NCCC(=O)Nc1cccc(C)n1)N1CCN(c2ccc(OC)cc2)CC1.I. The number of rotatable bonds is 6. The van der Waals surface area contributed by atoms with Gasteiger partial charge in [0.2, 0.25) is 5.91 Å². The van der Waals surface area contributed by atoms with Crippen molar-refractivity contribution in [3.8, 4) is 5.75 Å². The number of aryl methyl sites for hydroxylation is 1. The molecule has 2 heterocycles. The van der Waals surface area contributed by atoms with Gasteiger partial charge in [0.05, 0.1) is 7.11 Å². The zero-order valence-corrected chi connectivity index (χ0v) is 20.6. The van der Waals surface area contributed by atoms with E-state index in [1.165, 1.54) is 5.69 Å². The van der Waals surface area contributed by atoms with Gasteiger partial charge in [0, 0.05) is 57.6 Å². The maximum atomic E-state index is 12.2. The van der Waals surface area contributed by atoms with Crippen molar-refractivity contribution in [2.45, 2.75) is 13.3 Å². The summed E-state index contributed by atoms with van der Waals surface area (Å²) in [6, 6.07) is 13.7. The summed E-state index contributed by atoms with van der Waals surface area (Å²) in [5.74, 6) is 2.20.